The summed E-state index contributed by atoms with van der Waals surface area (Å²) in [5.74, 6) is 1.69. The SMILES string of the molecule is CC1CCN(C(=O)COC(C)(C)C)C2CCCCC12. The lowest BCUT2D eigenvalue weighted by molar-refractivity contribution is -0.148. The van der Waals surface area contributed by atoms with Crippen LogP contribution < -0.4 is 0 Å². The highest BCUT2D eigenvalue weighted by Crippen LogP contribution is 2.38. The van der Waals surface area contributed by atoms with Crippen molar-refractivity contribution in [3.63, 3.8) is 0 Å². The minimum Gasteiger partial charge on any atom is -0.366 e. The molecular weight excluding hydrogens is 238 g/mol. The van der Waals surface area contributed by atoms with Gasteiger partial charge in [0, 0.05) is 12.6 Å². The largest absolute Gasteiger partial charge is 0.366 e. The second-order valence-corrected chi connectivity index (χ2v) is 7.27. The molecule has 0 spiro atoms. The van der Waals surface area contributed by atoms with Crippen molar-refractivity contribution in [2.45, 2.75) is 71.4 Å². The molecule has 0 N–H and O–H groups in total. The Morgan fingerprint density at radius 1 is 1.21 bits per heavy atom. The highest BCUT2D eigenvalue weighted by molar-refractivity contribution is 5.78. The summed E-state index contributed by atoms with van der Waals surface area (Å²) in [6.45, 7) is 9.53. The highest BCUT2D eigenvalue weighted by Gasteiger charge is 2.39. The van der Waals surface area contributed by atoms with Gasteiger partial charge in [-0.3, -0.25) is 4.79 Å². The molecule has 1 saturated heterocycles. The van der Waals surface area contributed by atoms with Crippen molar-refractivity contribution >= 4 is 5.91 Å². The van der Waals surface area contributed by atoms with Gasteiger partial charge in [0.05, 0.1) is 5.60 Å². The number of rotatable bonds is 2. The minimum absolute atomic E-state index is 0.193. The van der Waals surface area contributed by atoms with E-state index in [4.69, 9.17) is 4.74 Å². The van der Waals surface area contributed by atoms with Gasteiger partial charge in [-0.1, -0.05) is 19.8 Å². The zero-order valence-corrected chi connectivity index (χ0v) is 12.9. The predicted molar refractivity (Wildman–Crippen MR) is 76.9 cm³/mol. The van der Waals surface area contributed by atoms with E-state index < -0.39 is 0 Å². The lowest BCUT2D eigenvalue weighted by atomic mass is 9.72. The van der Waals surface area contributed by atoms with Gasteiger partial charge in [-0.05, 0) is 51.9 Å². The van der Waals surface area contributed by atoms with Crippen LogP contribution in [0, 0.1) is 11.8 Å². The summed E-state index contributed by atoms with van der Waals surface area (Å²) in [6, 6.07) is 0.480. The van der Waals surface area contributed by atoms with Gasteiger partial charge in [-0.25, -0.2) is 0 Å². The Morgan fingerprint density at radius 2 is 1.89 bits per heavy atom. The normalized spacial score (nSPS) is 32.0. The molecule has 3 heteroatoms. The number of amides is 1. The number of hydrogen-bond donors (Lipinski definition) is 0. The van der Waals surface area contributed by atoms with Crippen LogP contribution in [-0.4, -0.2) is 35.6 Å². The molecule has 3 atom stereocenters. The number of ether oxygens (including phenoxy) is 1. The maximum atomic E-state index is 12.4. The van der Waals surface area contributed by atoms with Gasteiger partial charge in [0.1, 0.15) is 6.61 Å². The topological polar surface area (TPSA) is 29.5 Å². The van der Waals surface area contributed by atoms with Crippen molar-refractivity contribution in [3.8, 4) is 0 Å². The van der Waals surface area contributed by atoms with Crippen LogP contribution >= 0.6 is 0 Å². The molecule has 0 aromatic rings. The second-order valence-electron chi connectivity index (χ2n) is 7.27. The molecule has 3 unspecified atom stereocenters. The fraction of sp³-hybridized carbons (Fsp3) is 0.938. The number of fused-ring (bicyclic) bond motifs is 1. The Bertz CT molecular complexity index is 321. The molecule has 3 nitrogen and oxygen atoms in total. The lowest BCUT2D eigenvalue weighted by Gasteiger charge is -2.47. The van der Waals surface area contributed by atoms with E-state index in [1.165, 1.54) is 25.7 Å². The zero-order chi connectivity index (χ0) is 14.0. The fourth-order valence-electron chi connectivity index (χ4n) is 3.58. The Kier molecular flexibility index (Phi) is 4.54. The van der Waals surface area contributed by atoms with E-state index in [2.05, 4.69) is 11.8 Å². The molecule has 2 rings (SSSR count). The molecule has 110 valence electrons. The first kappa shape index (κ1) is 14.8. The van der Waals surface area contributed by atoms with E-state index in [-0.39, 0.29) is 18.1 Å². The third-order valence-electron chi connectivity index (χ3n) is 4.69. The minimum atomic E-state index is -0.231. The average Bonchev–Trinajstić information content (AvgIpc) is 2.36. The van der Waals surface area contributed by atoms with Crippen molar-refractivity contribution in [1.82, 2.24) is 4.90 Å². The van der Waals surface area contributed by atoms with Crippen LogP contribution in [0.2, 0.25) is 0 Å². The molecule has 19 heavy (non-hydrogen) atoms. The van der Waals surface area contributed by atoms with Crippen LogP contribution in [0.4, 0.5) is 0 Å². The third-order valence-corrected chi connectivity index (χ3v) is 4.69. The van der Waals surface area contributed by atoms with Gasteiger partial charge in [0.15, 0.2) is 0 Å². The van der Waals surface area contributed by atoms with E-state index in [1.54, 1.807) is 0 Å². The van der Waals surface area contributed by atoms with Crippen LogP contribution in [-0.2, 0) is 9.53 Å². The summed E-state index contributed by atoms with van der Waals surface area (Å²) in [7, 11) is 0. The van der Waals surface area contributed by atoms with Crippen molar-refractivity contribution < 1.29 is 9.53 Å². The molecule has 0 aromatic heterocycles. The number of hydrogen-bond acceptors (Lipinski definition) is 2. The summed E-state index contributed by atoms with van der Waals surface area (Å²) < 4.78 is 5.66. The highest BCUT2D eigenvalue weighted by atomic mass is 16.5. The molecule has 2 fully saturated rings. The summed E-state index contributed by atoms with van der Waals surface area (Å²) in [5, 5.41) is 0. The Morgan fingerprint density at radius 3 is 2.58 bits per heavy atom. The van der Waals surface area contributed by atoms with Gasteiger partial charge in [0.2, 0.25) is 5.91 Å². The molecule has 0 bridgehead atoms. The van der Waals surface area contributed by atoms with Crippen LogP contribution in [0.15, 0.2) is 0 Å². The van der Waals surface area contributed by atoms with E-state index in [1.807, 2.05) is 20.8 Å². The first-order valence-corrected chi connectivity index (χ1v) is 7.82. The van der Waals surface area contributed by atoms with Gasteiger partial charge in [0.25, 0.3) is 0 Å². The van der Waals surface area contributed by atoms with Gasteiger partial charge in [-0.15, -0.1) is 0 Å². The third kappa shape index (κ3) is 3.71. The Labute approximate surface area is 117 Å². The predicted octanol–water partition coefficient (Wildman–Crippen LogP) is 3.23. The van der Waals surface area contributed by atoms with E-state index in [0.29, 0.717) is 6.04 Å². The zero-order valence-electron chi connectivity index (χ0n) is 12.9. The Balaban J connectivity index is 1.96. The average molecular weight is 267 g/mol. The molecule has 1 heterocycles. The molecule has 1 amide bonds. The standard InChI is InChI=1S/C16H29NO2/c1-12-9-10-17(14-8-6-5-7-13(12)14)15(18)11-19-16(2,3)4/h12-14H,5-11H2,1-4H3. The molecule has 2 aliphatic rings. The molecule has 1 saturated carbocycles. The molecule has 1 aliphatic carbocycles. The first-order chi connectivity index (χ1) is 8.88. The maximum Gasteiger partial charge on any atom is 0.248 e. The number of piperidine rings is 1. The van der Waals surface area contributed by atoms with Crippen LogP contribution in [0.3, 0.4) is 0 Å². The molecular formula is C16H29NO2. The smallest absolute Gasteiger partial charge is 0.248 e. The van der Waals surface area contributed by atoms with Crippen molar-refractivity contribution in [2.75, 3.05) is 13.2 Å². The van der Waals surface area contributed by atoms with Crippen LogP contribution in [0.5, 0.6) is 0 Å². The lowest BCUT2D eigenvalue weighted by Crippen LogP contribution is -2.53. The van der Waals surface area contributed by atoms with E-state index in [0.717, 1.165) is 24.8 Å². The van der Waals surface area contributed by atoms with Crippen molar-refractivity contribution in [1.29, 1.82) is 0 Å². The second kappa shape index (κ2) is 5.82. The summed E-state index contributed by atoms with van der Waals surface area (Å²) >= 11 is 0. The molecule has 0 aromatic carbocycles. The van der Waals surface area contributed by atoms with Gasteiger partial charge >= 0.3 is 0 Å². The van der Waals surface area contributed by atoms with Gasteiger partial charge < -0.3 is 9.64 Å². The Hall–Kier alpha value is -0.570. The number of nitrogens with zero attached hydrogens (tertiary/aromatic N) is 1. The van der Waals surface area contributed by atoms with Crippen molar-refractivity contribution in [2.24, 2.45) is 11.8 Å². The van der Waals surface area contributed by atoms with Crippen LogP contribution in [0.25, 0.3) is 0 Å². The van der Waals surface area contributed by atoms with Gasteiger partial charge in [-0.2, -0.15) is 0 Å². The maximum absolute atomic E-state index is 12.4. The number of likely N-dealkylation sites (tertiary alicyclic amines) is 1. The first-order valence-electron chi connectivity index (χ1n) is 7.82. The summed E-state index contributed by atoms with van der Waals surface area (Å²) in [4.78, 5) is 14.5. The van der Waals surface area contributed by atoms with E-state index in [9.17, 15) is 4.79 Å². The fourth-order valence-corrected chi connectivity index (χ4v) is 3.58. The van der Waals surface area contributed by atoms with Crippen LogP contribution in [0.1, 0.15) is 59.8 Å². The van der Waals surface area contributed by atoms with Crippen molar-refractivity contribution in [3.05, 3.63) is 0 Å². The molecule has 0 radical (unpaired) electrons. The number of carbonyl (C=O) groups excluding carboxylic acids is 1. The monoisotopic (exact) mass is 267 g/mol. The quantitative estimate of drug-likeness (QED) is 0.769. The molecule has 1 aliphatic heterocycles. The summed E-state index contributed by atoms with van der Waals surface area (Å²) in [5.41, 5.74) is -0.231. The number of carbonyl (C=O) groups is 1. The summed E-state index contributed by atoms with van der Waals surface area (Å²) in [6.07, 6.45) is 6.26. The van der Waals surface area contributed by atoms with E-state index >= 15 is 0 Å².